The number of carbonyl (C=O) groups excluding carboxylic acids is 1. The van der Waals surface area contributed by atoms with Gasteiger partial charge >= 0.3 is 0 Å². The Morgan fingerprint density at radius 3 is 3.08 bits per heavy atom. The van der Waals surface area contributed by atoms with E-state index in [0.717, 1.165) is 12.8 Å². The fraction of sp³-hybridized carbons (Fsp3) is 0.500. The van der Waals surface area contributed by atoms with E-state index < -0.39 is 0 Å². The van der Waals surface area contributed by atoms with Crippen molar-refractivity contribution in [1.82, 2.24) is 5.16 Å². The summed E-state index contributed by atoms with van der Waals surface area (Å²) in [6.45, 7) is 0. The Balaban J connectivity index is 2.50. The van der Waals surface area contributed by atoms with Crippen LogP contribution in [-0.4, -0.2) is 18.0 Å². The molecule has 0 fully saturated rings. The molecule has 2 rings (SSSR count). The molecule has 1 aromatic heterocycles. The molecule has 0 N–H and O–H groups in total. The Hall–Kier alpha value is -1.32. The van der Waals surface area contributed by atoms with Crippen LogP contribution in [-0.2, 0) is 6.42 Å². The second kappa shape index (κ2) is 2.62. The fourth-order valence-electron chi connectivity index (χ4n) is 1.43. The van der Waals surface area contributed by atoms with Crippen LogP contribution in [0.1, 0.15) is 29.0 Å². The minimum Gasteiger partial charge on any atom is -0.478 e. The van der Waals surface area contributed by atoms with Gasteiger partial charge in [-0.15, -0.1) is 0 Å². The molecule has 0 bridgehead atoms. The van der Waals surface area contributed by atoms with Crippen LogP contribution in [0.3, 0.4) is 0 Å². The third-order valence-corrected chi connectivity index (χ3v) is 2.01. The molecular weight excluding hydrogens is 158 g/mol. The zero-order valence-corrected chi connectivity index (χ0v) is 6.79. The molecule has 4 nitrogen and oxygen atoms in total. The Labute approximate surface area is 69.5 Å². The monoisotopic (exact) mass is 167 g/mol. The maximum atomic E-state index is 11.3. The molecule has 64 valence electrons. The first kappa shape index (κ1) is 7.34. The lowest BCUT2D eigenvalue weighted by molar-refractivity contribution is 0.0967. The number of hydrogen-bond acceptors (Lipinski definition) is 4. The van der Waals surface area contributed by atoms with Crippen molar-refractivity contribution in [2.75, 3.05) is 7.11 Å². The lowest BCUT2D eigenvalue weighted by Crippen LogP contribution is -2.09. The number of methoxy groups -OCH3 is 1. The molecule has 0 radical (unpaired) electrons. The van der Waals surface area contributed by atoms with Gasteiger partial charge in [0.2, 0.25) is 0 Å². The number of ether oxygens (including phenoxy) is 1. The van der Waals surface area contributed by atoms with Crippen molar-refractivity contribution >= 4 is 5.78 Å². The summed E-state index contributed by atoms with van der Waals surface area (Å²) in [5, 5.41) is 3.65. The van der Waals surface area contributed by atoms with Gasteiger partial charge in [-0.1, -0.05) is 0 Å². The molecule has 0 saturated heterocycles. The summed E-state index contributed by atoms with van der Waals surface area (Å²) in [7, 11) is 1.49. The van der Waals surface area contributed by atoms with Crippen LogP contribution < -0.4 is 4.74 Å². The van der Waals surface area contributed by atoms with E-state index >= 15 is 0 Å². The van der Waals surface area contributed by atoms with Gasteiger partial charge in [0.25, 0.3) is 5.88 Å². The summed E-state index contributed by atoms with van der Waals surface area (Å²) in [4.78, 5) is 11.3. The number of nitrogens with zero attached hydrogens (tertiary/aromatic N) is 1. The molecule has 0 saturated carbocycles. The van der Waals surface area contributed by atoms with Crippen molar-refractivity contribution in [3.63, 3.8) is 0 Å². The number of hydrogen-bond donors (Lipinski definition) is 0. The second-order valence-corrected chi connectivity index (χ2v) is 2.77. The molecule has 1 aliphatic rings. The van der Waals surface area contributed by atoms with E-state index in [4.69, 9.17) is 9.26 Å². The maximum Gasteiger partial charge on any atom is 0.265 e. The zero-order valence-electron chi connectivity index (χ0n) is 6.79. The largest absolute Gasteiger partial charge is 0.478 e. The smallest absolute Gasteiger partial charge is 0.265 e. The summed E-state index contributed by atoms with van der Waals surface area (Å²) in [6, 6.07) is 0. The first-order valence-corrected chi connectivity index (χ1v) is 3.88. The maximum absolute atomic E-state index is 11.3. The molecule has 0 spiro atoms. The molecule has 0 aliphatic heterocycles. The fourth-order valence-corrected chi connectivity index (χ4v) is 1.43. The number of rotatable bonds is 1. The highest BCUT2D eigenvalue weighted by Crippen LogP contribution is 2.28. The van der Waals surface area contributed by atoms with Gasteiger partial charge in [0.1, 0.15) is 5.56 Å². The normalized spacial score (nSPS) is 15.9. The summed E-state index contributed by atoms with van der Waals surface area (Å²) in [5.41, 5.74) is 0.545. The van der Waals surface area contributed by atoms with Crippen molar-refractivity contribution in [3.05, 3.63) is 11.3 Å². The highest BCUT2D eigenvalue weighted by molar-refractivity contribution is 5.99. The molecule has 1 heterocycles. The molecule has 4 heteroatoms. The number of aromatic nitrogens is 1. The van der Waals surface area contributed by atoms with Gasteiger partial charge < -0.3 is 9.26 Å². The average Bonchev–Trinajstić information content (AvgIpc) is 2.49. The van der Waals surface area contributed by atoms with Crippen LogP contribution in [0, 0.1) is 0 Å². The molecule has 0 unspecified atom stereocenters. The highest BCUT2D eigenvalue weighted by atomic mass is 16.5. The number of aryl methyl sites for hydroxylation is 1. The number of ketones is 1. The van der Waals surface area contributed by atoms with Crippen LogP contribution in [0.5, 0.6) is 5.88 Å². The van der Waals surface area contributed by atoms with E-state index in [1.807, 2.05) is 0 Å². The van der Waals surface area contributed by atoms with Gasteiger partial charge in [0, 0.05) is 12.8 Å². The van der Waals surface area contributed by atoms with Gasteiger partial charge in [-0.05, 0) is 11.6 Å². The minimum absolute atomic E-state index is 0.0781. The highest BCUT2D eigenvalue weighted by Gasteiger charge is 2.26. The van der Waals surface area contributed by atoms with Crippen LogP contribution in [0.25, 0.3) is 0 Å². The van der Waals surface area contributed by atoms with Gasteiger partial charge in [-0.25, -0.2) is 0 Å². The zero-order chi connectivity index (χ0) is 8.55. The third-order valence-electron chi connectivity index (χ3n) is 2.01. The molecule has 1 aromatic rings. The minimum atomic E-state index is 0.0781. The predicted octanol–water partition coefficient (Wildman–Crippen LogP) is 1.20. The molecule has 12 heavy (non-hydrogen) atoms. The van der Waals surface area contributed by atoms with Gasteiger partial charge in [0.15, 0.2) is 11.5 Å². The van der Waals surface area contributed by atoms with E-state index in [0.29, 0.717) is 23.6 Å². The summed E-state index contributed by atoms with van der Waals surface area (Å²) in [6.07, 6.45) is 2.21. The Bertz CT molecular complexity index is 303. The van der Waals surface area contributed by atoms with Crippen LogP contribution in [0.4, 0.5) is 0 Å². The predicted molar refractivity (Wildman–Crippen MR) is 40.3 cm³/mol. The van der Waals surface area contributed by atoms with Crippen molar-refractivity contribution in [1.29, 1.82) is 0 Å². The number of Topliss-reactive ketones (excluding diaryl/α,β-unsaturated/α-hetero) is 1. The third kappa shape index (κ3) is 0.913. The quantitative estimate of drug-likeness (QED) is 0.630. The molecule has 0 aromatic carbocycles. The lowest BCUT2D eigenvalue weighted by Gasteiger charge is -2.06. The van der Waals surface area contributed by atoms with E-state index in [1.165, 1.54) is 7.11 Å². The van der Waals surface area contributed by atoms with Crippen LogP contribution in [0.2, 0.25) is 0 Å². The van der Waals surface area contributed by atoms with Crippen molar-refractivity contribution in [3.8, 4) is 5.88 Å². The van der Waals surface area contributed by atoms with Crippen molar-refractivity contribution in [2.45, 2.75) is 19.3 Å². The topological polar surface area (TPSA) is 52.3 Å². The Kier molecular flexibility index (Phi) is 1.60. The van der Waals surface area contributed by atoms with E-state index in [2.05, 4.69) is 5.16 Å². The van der Waals surface area contributed by atoms with E-state index in [-0.39, 0.29) is 5.78 Å². The van der Waals surface area contributed by atoms with Gasteiger partial charge in [0.05, 0.1) is 7.11 Å². The molecule has 1 aliphatic carbocycles. The average molecular weight is 167 g/mol. The van der Waals surface area contributed by atoms with Crippen LogP contribution >= 0.6 is 0 Å². The SMILES string of the molecule is COc1noc2c1C(=O)CCC2. The standard InChI is InChI=1S/C8H9NO3/c1-11-8-7-5(10)3-2-4-6(7)12-9-8/h2-4H2,1H3. The number of fused-ring (bicyclic) bond motifs is 1. The van der Waals surface area contributed by atoms with E-state index in [9.17, 15) is 4.79 Å². The number of carbonyl (C=O) groups is 1. The van der Waals surface area contributed by atoms with Crippen LogP contribution in [0.15, 0.2) is 4.52 Å². The van der Waals surface area contributed by atoms with Crippen molar-refractivity contribution in [2.24, 2.45) is 0 Å². The van der Waals surface area contributed by atoms with Gasteiger partial charge in [-0.2, -0.15) is 0 Å². The first-order valence-electron chi connectivity index (χ1n) is 3.88. The molecule has 0 atom stereocenters. The first-order chi connectivity index (χ1) is 5.83. The molecule has 0 amide bonds. The summed E-state index contributed by atoms with van der Waals surface area (Å²) >= 11 is 0. The Morgan fingerprint density at radius 1 is 1.50 bits per heavy atom. The summed E-state index contributed by atoms with van der Waals surface area (Å²) < 4.78 is 9.85. The molecular formula is C8H9NO3. The second-order valence-electron chi connectivity index (χ2n) is 2.77. The van der Waals surface area contributed by atoms with E-state index in [1.54, 1.807) is 0 Å². The van der Waals surface area contributed by atoms with Gasteiger partial charge in [-0.3, -0.25) is 4.79 Å². The Morgan fingerprint density at radius 2 is 2.33 bits per heavy atom. The summed E-state index contributed by atoms with van der Waals surface area (Å²) in [5.74, 6) is 1.08. The lowest BCUT2D eigenvalue weighted by atomic mass is 9.97. The van der Waals surface area contributed by atoms with Crippen molar-refractivity contribution < 1.29 is 14.1 Å².